The zero-order valence-corrected chi connectivity index (χ0v) is 19.0. The normalized spacial score (nSPS) is 10.5. The SMILES string of the molecule is CCOC(=O)CN(C=O)c1cn(Cc2ccc(C(=N)N)cc2)cc1Cc1cccc(C(=N)N)c1. The van der Waals surface area contributed by atoms with Crippen LogP contribution in [-0.2, 0) is 27.3 Å². The standard InChI is InChI=1S/C25H28N6O3/c1-2-34-23(33)15-31(16-32)22-14-30(12-17-6-8-19(9-7-17)24(26)27)13-21(22)11-18-4-3-5-20(10-18)25(28)29/h3-10,13-14,16H,2,11-12,15H2,1H3,(H3,26,27)(H3,28,29). The van der Waals surface area contributed by atoms with E-state index in [0.717, 1.165) is 16.7 Å². The molecule has 1 heterocycles. The highest BCUT2D eigenvalue weighted by Crippen LogP contribution is 2.25. The predicted octanol–water partition coefficient (Wildman–Crippen LogP) is 2.22. The zero-order chi connectivity index (χ0) is 24.7. The molecule has 3 rings (SSSR count). The summed E-state index contributed by atoms with van der Waals surface area (Å²) in [5, 5.41) is 15.2. The lowest BCUT2D eigenvalue weighted by molar-refractivity contribution is -0.141. The Bertz CT molecular complexity index is 1200. The van der Waals surface area contributed by atoms with Gasteiger partial charge in [-0.15, -0.1) is 0 Å². The first kappa shape index (κ1) is 24.2. The monoisotopic (exact) mass is 460 g/mol. The van der Waals surface area contributed by atoms with Gasteiger partial charge in [-0.05, 0) is 29.7 Å². The van der Waals surface area contributed by atoms with Crippen LogP contribution in [0.1, 0.15) is 34.7 Å². The molecule has 0 radical (unpaired) electrons. The van der Waals surface area contributed by atoms with Gasteiger partial charge in [0.15, 0.2) is 0 Å². The summed E-state index contributed by atoms with van der Waals surface area (Å²) in [5.41, 5.74) is 15.7. The number of amidine groups is 2. The highest BCUT2D eigenvalue weighted by Gasteiger charge is 2.18. The van der Waals surface area contributed by atoms with Crippen LogP contribution in [0.5, 0.6) is 0 Å². The number of nitrogens with two attached hydrogens (primary N) is 2. The van der Waals surface area contributed by atoms with E-state index in [-0.39, 0.29) is 24.8 Å². The van der Waals surface area contributed by atoms with Crippen molar-refractivity contribution in [2.45, 2.75) is 19.9 Å². The summed E-state index contributed by atoms with van der Waals surface area (Å²) in [6.07, 6.45) is 4.83. The maximum Gasteiger partial charge on any atom is 0.326 e. The quantitative estimate of drug-likeness (QED) is 0.150. The number of nitrogens with one attached hydrogen (secondary N) is 2. The molecule has 1 amide bonds. The van der Waals surface area contributed by atoms with Gasteiger partial charge in [-0.2, -0.15) is 0 Å². The van der Waals surface area contributed by atoms with E-state index in [1.807, 2.05) is 47.3 Å². The van der Waals surface area contributed by atoms with Gasteiger partial charge in [0.05, 0.1) is 12.3 Å². The van der Waals surface area contributed by atoms with Crippen LogP contribution in [0.25, 0.3) is 0 Å². The molecule has 0 aliphatic carbocycles. The van der Waals surface area contributed by atoms with Crippen LogP contribution in [0.4, 0.5) is 5.69 Å². The van der Waals surface area contributed by atoms with Gasteiger partial charge in [-0.25, -0.2) is 0 Å². The number of benzene rings is 2. The Kier molecular flexibility index (Phi) is 7.81. The topological polar surface area (TPSA) is 151 Å². The Labute approximate surface area is 197 Å². The van der Waals surface area contributed by atoms with Crippen molar-refractivity contribution in [1.82, 2.24) is 4.57 Å². The first-order valence-corrected chi connectivity index (χ1v) is 10.7. The van der Waals surface area contributed by atoms with E-state index in [0.29, 0.717) is 36.2 Å². The van der Waals surface area contributed by atoms with E-state index in [1.54, 1.807) is 25.1 Å². The van der Waals surface area contributed by atoms with Gasteiger partial charge < -0.3 is 25.7 Å². The Morgan fingerprint density at radius 1 is 1.03 bits per heavy atom. The van der Waals surface area contributed by atoms with Crippen LogP contribution in [0.15, 0.2) is 60.9 Å². The van der Waals surface area contributed by atoms with Gasteiger partial charge in [0.1, 0.15) is 18.2 Å². The van der Waals surface area contributed by atoms with E-state index < -0.39 is 5.97 Å². The average molecular weight is 461 g/mol. The van der Waals surface area contributed by atoms with Crippen molar-refractivity contribution >= 4 is 29.7 Å². The number of nitrogen functional groups attached to an aromatic ring is 2. The molecule has 6 N–H and O–H groups in total. The molecular formula is C25H28N6O3. The number of esters is 1. The second-order valence-corrected chi connectivity index (χ2v) is 7.78. The molecule has 3 aromatic rings. The zero-order valence-electron chi connectivity index (χ0n) is 19.0. The summed E-state index contributed by atoms with van der Waals surface area (Å²) in [6, 6.07) is 14.7. The molecular weight excluding hydrogens is 432 g/mol. The molecule has 176 valence electrons. The summed E-state index contributed by atoms with van der Waals surface area (Å²) < 4.78 is 6.95. The summed E-state index contributed by atoms with van der Waals surface area (Å²) in [7, 11) is 0. The van der Waals surface area contributed by atoms with E-state index >= 15 is 0 Å². The third-order valence-electron chi connectivity index (χ3n) is 5.24. The van der Waals surface area contributed by atoms with Gasteiger partial charge in [0.2, 0.25) is 6.41 Å². The summed E-state index contributed by atoms with van der Waals surface area (Å²) in [4.78, 5) is 25.3. The molecule has 0 aliphatic heterocycles. The predicted molar refractivity (Wildman–Crippen MR) is 131 cm³/mol. The molecule has 1 aromatic heterocycles. The van der Waals surface area contributed by atoms with Crippen molar-refractivity contribution in [2.75, 3.05) is 18.1 Å². The fourth-order valence-electron chi connectivity index (χ4n) is 3.62. The number of amides is 1. The second kappa shape index (κ2) is 11.0. The number of anilines is 1. The fraction of sp³-hybridized carbons (Fsp3) is 0.200. The summed E-state index contributed by atoms with van der Waals surface area (Å²) in [5.74, 6) is -0.511. The summed E-state index contributed by atoms with van der Waals surface area (Å²) in [6.45, 7) is 2.26. The Morgan fingerprint density at radius 3 is 2.35 bits per heavy atom. The second-order valence-electron chi connectivity index (χ2n) is 7.78. The Morgan fingerprint density at radius 2 is 1.74 bits per heavy atom. The first-order chi connectivity index (χ1) is 16.3. The molecule has 0 saturated heterocycles. The highest BCUT2D eigenvalue weighted by molar-refractivity contribution is 5.95. The molecule has 34 heavy (non-hydrogen) atoms. The van der Waals surface area contributed by atoms with E-state index in [4.69, 9.17) is 27.0 Å². The van der Waals surface area contributed by atoms with Crippen LogP contribution >= 0.6 is 0 Å². The number of aromatic nitrogens is 1. The number of hydrogen-bond donors (Lipinski definition) is 4. The molecule has 2 aromatic carbocycles. The number of carbonyl (C=O) groups is 2. The first-order valence-electron chi connectivity index (χ1n) is 10.7. The van der Waals surface area contributed by atoms with Gasteiger partial charge in [0, 0.05) is 36.5 Å². The maximum atomic E-state index is 12.1. The number of carbonyl (C=O) groups excluding carboxylic acids is 2. The minimum absolute atomic E-state index is 0.00506. The molecule has 0 saturated carbocycles. The average Bonchev–Trinajstić information content (AvgIpc) is 3.19. The largest absolute Gasteiger partial charge is 0.465 e. The van der Waals surface area contributed by atoms with Crippen LogP contribution < -0.4 is 16.4 Å². The van der Waals surface area contributed by atoms with Crippen molar-refractivity contribution in [3.63, 3.8) is 0 Å². The van der Waals surface area contributed by atoms with Crippen molar-refractivity contribution < 1.29 is 14.3 Å². The Balaban J connectivity index is 1.94. The molecule has 0 fully saturated rings. The molecule has 9 nitrogen and oxygen atoms in total. The summed E-state index contributed by atoms with van der Waals surface area (Å²) >= 11 is 0. The van der Waals surface area contributed by atoms with E-state index in [2.05, 4.69) is 0 Å². The van der Waals surface area contributed by atoms with Gasteiger partial charge in [0.25, 0.3) is 0 Å². The molecule has 0 bridgehead atoms. The molecule has 0 spiro atoms. The smallest absolute Gasteiger partial charge is 0.326 e. The number of hydrogen-bond acceptors (Lipinski definition) is 5. The minimum Gasteiger partial charge on any atom is -0.465 e. The highest BCUT2D eigenvalue weighted by atomic mass is 16.5. The van der Waals surface area contributed by atoms with E-state index in [9.17, 15) is 9.59 Å². The fourth-order valence-corrected chi connectivity index (χ4v) is 3.62. The van der Waals surface area contributed by atoms with E-state index in [1.165, 1.54) is 4.90 Å². The van der Waals surface area contributed by atoms with Crippen LogP contribution in [0, 0.1) is 10.8 Å². The van der Waals surface area contributed by atoms with Gasteiger partial charge in [-0.3, -0.25) is 20.4 Å². The number of rotatable bonds is 11. The van der Waals surface area contributed by atoms with Gasteiger partial charge >= 0.3 is 5.97 Å². The van der Waals surface area contributed by atoms with Crippen LogP contribution in [0.3, 0.4) is 0 Å². The van der Waals surface area contributed by atoms with Crippen LogP contribution in [0.2, 0.25) is 0 Å². The Hall–Kier alpha value is -4.40. The lowest BCUT2D eigenvalue weighted by Gasteiger charge is -2.17. The van der Waals surface area contributed by atoms with Gasteiger partial charge in [-0.1, -0.05) is 42.5 Å². The van der Waals surface area contributed by atoms with Crippen molar-refractivity contribution in [1.29, 1.82) is 10.8 Å². The molecule has 0 unspecified atom stereocenters. The van der Waals surface area contributed by atoms with Crippen LogP contribution in [-0.4, -0.2) is 41.8 Å². The third-order valence-corrected chi connectivity index (χ3v) is 5.24. The molecule has 0 aliphatic rings. The minimum atomic E-state index is -0.494. The lowest BCUT2D eigenvalue weighted by Crippen LogP contribution is -2.30. The van der Waals surface area contributed by atoms with Crippen molar-refractivity contribution in [2.24, 2.45) is 11.5 Å². The number of nitrogens with zero attached hydrogens (tertiary/aromatic N) is 2. The molecule has 9 heteroatoms. The lowest BCUT2D eigenvalue weighted by atomic mass is 10.0. The molecule has 0 atom stereocenters. The van der Waals surface area contributed by atoms with Crippen molar-refractivity contribution in [3.8, 4) is 0 Å². The maximum absolute atomic E-state index is 12.1. The third kappa shape index (κ3) is 6.10. The van der Waals surface area contributed by atoms with Crippen molar-refractivity contribution in [3.05, 3.63) is 88.7 Å². The number of ether oxygens (including phenoxy) is 1.